The monoisotopic (exact) mass is 323 g/mol. The van der Waals surface area contributed by atoms with Crippen LogP contribution in [0.1, 0.15) is 16.1 Å². The lowest BCUT2D eigenvalue weighted by molar-refractivity contribution is 0.0950. The van der Waals surface area contributed by atoms with Gasteiger partial charge in [0.15, 0.2) is 0 Å². The van der Waals surface area contributed by atoms with E-state index in [0.717, 1.165) is 17.0 Å². The summed E-state index contributed by atoms with van der Waals surface area (Å²) in [6.45, 7) is 0. The van der Waals surface area contributed by atoms with Crippen LogP contribution in [-0.4, -0.2) is 34.0 Å². The standard InChI is InChI=1S/C17H17N5O2/c1-22-9-3-4-16(22)14-10-15(20-19-14)17(23)21-18-11-12-5-7-13(24-2)8-6-12/h3-11H,1-2H3,(H,19,20)(H,21,23)/b18-11+. The number of carbonyl (C=O) groups is 1. The zero-order chi connectivity index (χ0) is 16.9. The SMILES string of the molecule is COc1ccc(/C=N/NC(=O)c2cc(-c3cccn3C)n[nH]2)cc1. The molecule has 0 radical (unpaired) electrons. The highest BCUT2D eigenvalue weighted by Gasteiger charge is 2.11. The number of amides is 1. The highest BCUT2D eigenvalue weighted by atomic mass is 16.5. The van der Waals surface area contributed by atoms with Gasteiger partial charge in [-0.3, -0.25) is 9.89 Å². The molecule has 0 unspecified atom stereocenters. The Kier molecular flexibility index (Phi) is 4.42. The predicted molar refractivity (Wildman–Crippen MR) is 91.0 cm³/mol. The number of nitrogens with zero attached hydrogens (tertiary/aromatic N) is 3. The van der Waals surface area contributed by atoms with Crippen molar-refractivity contribution in [2.24, 2.45) is 12.1 Å². The summed E-state index contributed by atoms with van der Waals surface area (Å²) >= 11 is 0. The van der Waals surface area contributed by atoms with Crippen molar-refractivity contribution in [2.75, 3.05) is 7.11 Å². The van der Waals surface area contributed by atoms with E-state index in [1.165, 1.54) is 0 Å². The molecule has 0 atom stereocenters. The molecule has 3 rings (SSSR count). The number of ether oxygens (including phenoxy) is 1. The number of carbonyl (C=O) groups excluding carboxylic acids is 1. The van der Waals surface area contributed by atoms with Crippen molar-refractivity contribution in [3.05, 3.63) is 59.9 Å². The van der Waals surface area contributed by atoms with Gasteiger partial charge in [0.2, 0.25) is 0 Å². The van der Waals surface area contributed by atoms with Crippen LogP contribution < -0.4 is 10.2 Å². The highest BCUT2D eigenvalue weighted by Crippen LogP contribution is 2.17. The molecule has 0 aliphatic carbocycles. The van der Waals surface area contributed by atoms with E-state index in [0.29, 0.717) is 11.4 Å². The van der Waals surface area contributed by atoms with Gasteiger partial charge in [-0.05, 0) is 48.0 Å². The van der Waals surface area contributed by atoms with Gasteiger partial charge in [0.05, 0.1) is 19.0 Å². The van der Waals surface area contributed by atoms with E-state index in [1.54, 1.807) is 19.4 Å². The molecule has 3 aromatic rings. The number of rotatable bonds is 5. The Hall–Kier alpha value is -3.35. The predicted octanol–water partition coefficient (Wildman–Crippen LogP) is 2.19. The Morgan fingerprint density at radius 1 is 1.33 bits per heavy atom. The van der Waals surface area contributed by atoms with E-state index in [2.05, 4.69) is 20.7 Å². The van der Waals surface area contributed by atoms with E-state index in [9.17, 15) is 4.79 Å². The Labute approximate surface area is 139 Å². The number of hydrogen-bond acceptors (Lipinski definition) is 4. The first kappa shape index (κ1) is 15.5. The Morgan fingerprint density at radius 2 is 2.12 bits per heavy atom. The first-order valence-corrected chi connectivity index (χ1v) is 7.32. The maximum atomic E-state index is 12.1. The number of hydrogen-bond donors (Lipinski definition) is 2. The van der Waals surface area contributed by atoms with Gasteiger partial charge in [-0.1, -0.05) is 0 Å². The van der Waals surface area contributed by atoms with E-state index in [1.807, 2.05) is 54.2 Å². The number of benzene rings is 1. The van der Waals surface area contributed by atoms with E-state index >= 15 is 0 Å². The lowest BCUT2D eigenvalue weighted by Crippen LogP contribution is -2.17. The van der Waals surface area contributed by atoms with Crippen molar-refractivity contribution >= 4 is 12.1 Å². The Balaban J connectivity index is 1.64. The summed E-state index contributed by atoms with van der Waals surface area (Å²) in [5.74, 6) is 0.412. The van der Waals surface area contributed by atoms with Crippen LogP contribution in [0.2, 0.25) is 0 Å². The fourth-order valence-electron chi connectivity index (χ4n) is 2.21. The van der Waals surface area contributed by atoms with Gasteiger partial charge in [-0.15, -0.1) is 0 Å². The molecule has 122 valence electrons. The molecule has 0 saturated carbocycles. The molecule has 2 heterocycles. The minimum Gasteiger partial charge on any atom is -0.497 e. The number of aryl methyl sites for hydroxylation is 1. The molecule has 7 heteroatoms. The van der Waals surface area contributed by atoms with Crippen LogP contribution in [0.5, 0.6) is 5.75 Å². The molecule has 1 aromatic carbocycles. The number of methoxy groups -OCH3 is 1. The van der Waals surface area contributed by atoms with Crippen molar-refractivity contribution in [3.8, 4) is 17.1 Å². The average Bonchev–Trinajstić information content (AvgIpc) is 3.24. The lowest BCUT2D eigenvalue weighted by atomic mass is 10.2. The summed E-state index contributed by atoms with van der Waals surface area (Å²) in [7, 11) is 3.53. The number of aromatic amines is 1. The molecule has 24 heavy (non-hydrogen) atoms. The van der Waals surface area contributed by atoms with Crippen LogP contribution in [0, 0.1) is 0 Å². The fraction of sp³-hybridized carbons (Fsp3) is 0.118. The zero-order valence-electron chi connectivity index (χ0n) is 13.4. The van der Waals surface area contributed by atoms with Crippen molar-refractivity contribution < 1.29 is 9.53 Å². The quantitative estimate of drug-likeness (QED) is 0.557. The second-order valence-electron chi connectivity index (χ2n) is 5.14. The summed E-state index contributed by atoms with van der Waals surface area (Å²) in [4.78, 5) is 12.1. The van der Waals surface area contributed by atoms with Crippen LogP contribution in [0.25, 0.3) is 11.4 Å². The van der Waals surface area contributed by atoms with Gasteiger partial charge >= 0.3 is 0 Å². The third-order valence-electron chi connectivity index (χ3n) is 3.52. The smallest absolute Gasteiger partial charge is 0.289 e. The maximum Gasteiger partial charge on any atom is 0.289 e. The highest BCUT2D eigenvalue weighted by molar-refractivity contribution is 5.94. The Bertz CT molecular complexity index is 861. The van der Waals surface area contributed by atoms with Crippen LogP contribution in [0.3, 0.4) is 0 Å². The van der Waals surface area contributed by atoms with E-state index in [-0.39, 0.29) is 5.91 Å². The molecule has 2 N–H and O–H groups in total. The number of aromatic nitrogens is 3. The second kappa shape index (κ2) is 6.82. The summed E-state index contributed by atoms with van der Waals surface area (Å²) < 4.78 is 7.01. The number of H-pyrrole nitrogens is 1. The van der Waals surface area contributed by atoms with Gasteiger partial charge in [0, 0.05) is 13.2 Å². The fourth-order valence-corrected chi connectivity index (χ4v) is 2.21. The van der Waals surface area contributed by atoms with Gasteiger partial charge < -0.3 is 9.30 Å². The van der Waals surface area contributed by atoms with Crippen molar-refractivity contribution in [3.63, 3.8) is 0 Å². The van der Waals surface area contributed by atoms with Crippen molar-refractivity contribution in [1.82, 2.24) is 20.2 Å². The third-order valence-corrected chi connectivity index (χ3v) is 3.52. The number of hydrazone groups is 1. The second-order valence-corrected chi connectivity index (χ2v) is 5.14. The zero-order valence-corrected chi connectivity index (χ0v) is 13.4. The van der Waals surface area contributed by atoms with Gasteiger partial charge in [0.25, 0.3) is 5.91 Å². The third kappa shape index (κ3) is 3.35. The largest absolute Gasteiger partial charge is 0.497 e. The Morgan fingerprint density at radius 3 is 2.79 bits per heavy atom. The van der Waals surface area contributed by atoms with Gasteiger partial charge in [-0.2, -0.15) is 10.2 Å². The van der Waals surface area contributed by atoms with Crippen LogP contribution in [0.15, 0.2) is 53.8 Å². The van der Waals surface area contributed by atoms with Crippen molar-refractivity contribution in [2.45, 2.75) is 0 Å². The lowest BCUT2D eigenvalue weighted by Gasteiger charge is -1.99. The molecule has 0 bridgehead atoms. The molecule has 2 aromatic heterocycles. The van der Waals surface area contributed by atoms with E-state index in [4.69, 9.17) is 4.74 Å². The van der Waals surface area contributed by atoms with Crippen LogP contribution in [0.4, 0.5) is 0 Å². The minimum absolute atomic E-state index is 0.345. The molecule has 0 fully saturated rings. The van der Waals surface area contributed by atoms with Crippen LogP contribution >= 0.6 is 0 Å². The summed E-state index contributed by atoms with van der Waals surface area (Å²) in [5.41, 5.74) is 5.29. The summed E-state index contributed by atoms with van der Waals surface area (Å²) in [5, 5.41) is 10.8. The molecule has 0 aliphatic rings. The topological polar surface area (TPSA) is 84.3 Å². The molecule has 1 amide bonds. The molecule has 0 saturated heterocycles. The number of nitrogens with one attached hydrogen (secondary N) is 2. The molecular weight excluding hydrogens is 306 g/mol. The first-order valence-electron chi connectivity index (χ1n) is 7.32. The average molecular weight is 323 g/mol. The maximum absolute atomic E-state index is 12.1. The summed E-state index contributed by atoms with van der Waals surface area (Å²) in [6.07, 6.45) is 3.48. The summed E-state index contributed by atoms with van der Waals surface area (Å²) in [6, 6.07) is 12.9. The normalized spacial score (nSPS) is 10.9. The first-order chi connectivity index (χ1) is 11.7. The van der Waals surface area contributed by atoms with Crippen molar-refractivity contribution in [1.29, 1.82) is 0 Å². The van der Waals surface area contributed by atoms with Gasteiger partial charge in [-0.25, -0.2) is 5.43 Å². The van der Waals surface area contributed by atoms with Crippen LogP contribution in [-0.2, 0) is 7.05 Å². The van der Waals surface area contributed by atoms with E-state index < -0.39 is 0 Å². The molecule has 7 nitrogen and oxygen atoms in total. The molecule has 0 aliphatic heterocycles. The molecule has 0 spiro atoms. The van der Waals surface area contributed by atoms with Gasteiger partial charge in [0.1, 0.15) is 17.1 Å². The minimum atomic E-state index is -0.354. The molecular formula is C17H17N5O2.